The molecule has 1 amide bonds. The van der Waals surface area contributed by atoms with E-state index in [2.05, 4.69) is 0 Å². The zero-order valence-electron chi connectivity index (χ0n) is 3.53. The number of carbonyl (C=O) groups is 1. The largest absolute Gasteiger partial charge is 0.628 e. The second-order valence-electron chi connectivity index (χ2n) is 0.980. The van der Waals surface area contributed by atoms with Crippen LogP contribution in [0.4, 0.5) is 13.2 Å². The van der Waals surface area contributed by atoms with Gasteiger partial charge in [0.1, 0.15) is 0 Å². The molecule has 0 atom stereocenters. The van der Waals surface area contributed by atoms with Gasteiger partial charge in [0.05, 0.1) is 0 Å². The quantitative estimate of drug-likeness (QED) is 0.432. The van der Waals surface area contributed by atoms with E-state index in [1.807, 2.05) is 0 Å². The van der Waals surface area contributed by atoms with Crippen LogP contribution in [0.15, 0.2) is 0 Å². The van der Waals surface area contributed by atoms with Crippen LogP contribution in [0.5, 0.6) is 0 Å². The molecule has 48 valence electrons. The summed E-state index contributed by atoms with van der Waals surface area (Å²) in [5.41, 5.74) is -0.764. The van der Waals surface area contributed by atoms with Gasteiger partial charge in [-0.15, -0.1) is 0 Å². The van der Waals surface area contributed by atoms with Gasteiger partial charge >= 0.3 is 12.1 Å². The summed E-state index contributed by atoms with van der Waals surface area (Å²) in [5, 5.41) is 9.08. The second-order valence-corrected chi connectivity index (χ2v) is 0.980. The van der Waals surface area contributed by atoms with Crippen molar-refractivity contribution in [2.45, 2.75) is 6.18 Å². The Morgan fingerprint density at radius 3 is 1.88 bits per heavy atom. The van der Waals surface area contributed by atoms with Crippen LogP contribution in [0.2, 0.25) is 0 Å². The molecule has 0 saturated carbocycles. The van der Waals surface area contributed by atoms with Crippen LogP contribution >= 0.6 is 0 Å². The van der Waals surface area contributed by atoms with Gasteiger partial charge in [-0.3, -0.25) is 0 Å². The molecule has 0 fully saturated rings. The van der Waals surface area contributed by atoms with Crippen LogP contribution in [0.3, 0.4) is 0 Å². The zero-order chi connectivity index (χ0) is 6.78. The van der Waals surface area contributed by atoms with Crippen molar-refractivity contribution in [3.8, 4) is 0 Å². The lowest BCUT2D eigenvalue weighted by Gasteiger charge is -2.01. The maximum Gasteiger partial charge on any atom is 0.509 e. The van der Waals surface area contributed by atoms with Crippen LogP contribution in [0.1, 0.15) is 0 Å². The summed E-state index contributed by atoms with van der Waals surface area (Å²) in [7, 11) is 0. The fraction of sp³-hybridized carbons (Fsp3) is 0.500. The Morgan fingerprint density at radius 2 is 1.88 bits per heavy atom. The van der Waals surface area contributed by atoms with E-state index in [-0.39, 0.29) is 0 Å². The van der Waals surface area contributed by atoms with Gasteiger partial charge in [0, 0.05) is 0 Å². The number of carbonyl (C=O) groups excluding carboxylic acids is 1. The average molecular weight is 129 g/mol. The lowest BCUT2D eigenvalue weighted by Crippen LogP contribution is -2.85. The molecule has 0 aliphatic carbocycles. The van der Waals surface area contributed by atoms with Gasteiger partial charge in [0.2, 0.25) is 0 Å². The first-order valence-corrected chi connectivity index (χ1v) is 1.55. The molecule has 0 aliphatic heterocycles. The highest BCUT2D eigenvalue weighted by Gasteiger charge is 2.41. The Bertz CT molecular complexity index is 97.9. The zero-order valence-corrected chi connectivity index (χ0v) is 3.53. The van der Waals surface area contributed by atoms with Crippen LogP contribution < -0.4 is 5.48 Å². The molecule has 3 nitrogen and oxygen atoms in total. The lowest BCUT2D eigenvalue weighted by molar-refractivity contribution is -0.517. The minimum absolute atomic E-state index is 0.764. The molecule has 0 aliphatic rings. The van der Waals surface area contributed by atoms with Crippen molar-refractivity contribution >= 4 is 5.91 Å². The number of nitrogens with two attached hydrogens (primary N) is 1. The molecule has 0 heterocycles. The van der Waals surface area contributed by atoms with Crippen LogP contribution in [-0.2, 0) is 4.79 Å². The van der Waals surface area contributed by atoms with Gasteiger partial charge in [-0.25, -0.2) is 4.79 Å². The van der Waals surface area contributed by atoms with Crippen molar-refractivity contribution in [3.05, 3.63) is 5.21 Å². The van der Waals surface area contributed by atoms with Crippen molar-refractivity contribution in [1.29, 1.82) is 0 Å². The lowest BCUT2D eigenvalue weighted by atomic mass is 10.6. The van der Waals surface area contributed by atoms with Crippen molar-refractivity contribution in [2.24, 2.45) is 0 Å². The van der Waals surface area contributed by atoms with Crippen molar-refractivity contribution in [2.75, 3.05) is 0 Å². The smallest absolute Gasteiger partial charge is 0.509 e. The van der Waals surface area contributed by atoms with Crippen LogP contribution in [-0.4, -0.2) is 12.1 Å². The molecule has 8 heavy (non-hydrogen) atoms. The number of quaternary nitrogens is 1. The summed E-state index contributed by atoms with van der Waals surface area (Å²) < 4.78 is 32.6. The summed E-state index contributed by atoms with van der Waals surface area (Å²) in [4.78, 5) is 9.34. The number of hydroxylamine groups is 1. The van der Waals surface area contributed by atoms with Crippen LogP contribution in [0, 0.1) is 5.21 Å². The van der Waals surface area contributed by atoms with Crippen LogP contribution in [0.25, 0.3) is 0 Å². The molecule has 6 heteroatoms. The molecule has 0 rings (SSSR count). The number of alkyl halides is 3. The van der Waals surface area contributed by atoms with Gasteiger partial charge in [0.15, 0.2) is 0 Å². The van der Waals surface area contributed by atoms with Gasteiger partial charge in [0.25, 0.3) is 0 Å². The van der Waals surface area contributed by atoms with E-state index in [0.717, 1.165) is 0 Å². The Hall–Kier alpha value is -0.620. The number of amides is 1. The van der Waals surface area contributed by atoms with E-state index >= 15 is 0 Å². The molecule has 0 radical (unpaired) electrons. The van der Waals surface area contributed by atoms with Gasteiger partial charge in [-0.05, 0) is 0 Å². The van der Waals surface area contributed by atoms with Gasteiger partial charge < -0.3 is 10.7 Å². The predicted molar refractivity (Wildman–Crippen MR) is 16.4 cm³/mol. The van der Waals surface area contributed by atoms with E-state index in [1.54, 1.807) is 0 Å². The molecule has 0 spiro atoms. The highest BCUT2D eigenvalue weighted by Crippen LogP contribution is 2.11. The van der Waals surface area contributed by atoms with Crippen molar-refractivity contribution in [1.82, 2.24) is 0 Å². The molecule has 0 unspecified atom stereocenters. The Kier molecular flexibility index (Phi) is 1.94. The van der Waals surface area contributed by atoms with E-state index in [0.29, 0.717) is 0 Å². The standard InChI is InChI=1S/C2H2F3NO2/c3-2(4,5)1(7)6-8/h6H2. The van der Waals surface area contributed by atoms with Gasteiger partial charge in [-0.2, -0.15) is 13.2 Å². The molecule has 0 aromatic carbocycles. The summed E-state index contributed by atoms with van der Waals surface area (Å²) >= 11 is 0. The maximum atomic E-state index is 10.9. The minimum Gasteiger partial charge on any atom is -0.628 e. The third-order valence-electron chi connectivity index (χ3n) is 0.386. The van der Waals surface area contributed by atoms with Crippen molar-refractivity contribution < 1.29 is 23.4 Å². The van der Waals surface area contributed by atoms with Gasteiger partial charge in [-0.1, -0.05) is 0 Å². The normalized spacial score (nSPS) is 11.5. The number of rotatable bonds is 0. The fourth-order valence-corrected chi connectivity index (χ4v) is 0.0668. The minimum atomic E-state index is -5.00. The highest BCUT2D eigenvalue weighted by molar-refractivity contribution is 5.71. The molecule has 2 N–H and O–H groups in total. The summed E-state index contributed by atoms with van der Waals surface area (Å²) in [5.74, 6) is -2.35. The first-order valence-electron chi connectivity index (χ1n) is 1.55. The number of halogens is 3. The van der Waals surface area contributed by atoms with Crippen molar-refractivity contribution in [3.63, 3.8) is 0 Å². The third-order valence-corrected chi connectivity index (χ3v) is 0.386. The molecule has 0 bridgehead atoms. The monoisotopic (exact) mass is 129 g/mol. The van der Waals surface area contributed by atoms with E-state index in [4.69, 9.17) is 5.21 Å². The molecule has 0 aromatic rings. The Morgan fingerprint density at radius 1 is 1.50 bits per heavy atom. The Labute approximate surface area is 42.1 Å². The first kappa shape index (κ1) is 7.38. The molecular formula is C2H2F3NO2. The average Bonchev–Trinajstić information content (AvgIpc) is 1.62. The molecule has 0 saturated heterocycles. The fourth-order valence-electron chi connectivity index (χ4n) is 0.0668. The topological polar surface area (TPSA) is 56.7 Å². The van der Waals surface area contributed by atoms with E-state index in [1.165, 1.54) is 0 Å². The predicted octanol–water partition coefficient (Wildman–Crippen LogP) is -0.864. The first-order chi connectivity index (χ1) is 3.48. The van der Waals surface area contributed by atoms with E-state index in [9.17, 15) is 18.0 Å². The Balaban J connectivity index is 3.82. The number of hydrogen-bond acceptors (Lipinski definition) is 2. The highest BCUT2D eigenvalue weighted by atomic mass is 19.4. The summed E-state index contributed by atoms with van der Waals surface area (Å²) in [6.45, 7) is 0. The number of primary amides is 1. The summed E-state index contributed by atoms with van der Waals surface area (Å²) in [6, 6.07) is 0. The third kappa shape index (κ3) is 1.90. The number of hydrogen-bond donors (Lipinski definition) is 1. The SMILES string of the molecule is O=C([NH2+][O-])C(F)(F)F. The summed E-state index contributed by atoms with van der Waals surface area (Å²) in [6.07, 6.45) is -5.00. The van der Waals surface area contributed by atoms with E-state index < -0.39 is 17.6 Å². The molecular weight excluding hydrogens is 127 g/mol. The maximum absolute atomic E-state index is 10.9. The molecule has 0 aromatic heterocycles. The second kappa shape index (κ2) is 2.10.